The fourth-order valence-corrected chi connectivity index (χ4v) is 3.57. The number of aromatic nitrogens is 4. The zero-order chi connectivity index (χ0) is 18.6. The molecule has 2 aromatic heterocycles. The van der Waals surface area contributed by atoms with Gasteiger partial charge in [-0.25, -0.2) is 0 Å². The molecule has 4 rings (SSSR count). The van der Waals surface area contributed by atoms with Crippen LogP contribution in [0.4, 0.5) is 5.82 Å². The molecule has 7 nitrogen and oxygen atoms in total. The van der Waals surface area contributed by atoms with Gasteiger partial charge in [0.05, 0.1) is 6.54 Å². The van der Waals surface area contributed by atoms with Gasteiger partial charge >= 0.3 is 0 Å². The molecule has 140 valence electrons. The number of aryl methyl sites for hydroxylation is 1. The van der Waals surface area contributed by atoms with E-state index in [4.69, 9.17) is 4.52 Å². The molecule has 0 aliphatic carbocycles. The maximum Gasteiger partial charge on any atom is 0.258 e. The lowest BCUT2D eigenvalue weighted by Gasteiger charge is -2.36. The fraction of sp³-hybridized carbons (Fsp3) is 0.400. The van der Waals surface area contributed by atoms with E-state index in [0.29, 0.717) is 11.9 Å². The molecule has 0 unspecified atom stereocenters. The highest BCUT2D eigenvalue weighted by Crippen LogP contribution is 2.23. The Kier molecular flexibility index (Phi) is 5.11. The number of rotatable bonds is 5. The summed E-state index contributed by atoms with van der Waals surface area (Å²) >= 11 is 0. The van der Waals surface area contributed by atoms with Crippen molar-refractivity contribution in [2.45, 2.75) is 32.4 Å². The van der Waals surface area contributed by atoms with Gasteiger partial charge in [-0.3, -0.25) is 4.90 Å². The number of piperidine rings is 1. The van der Waals surface area contributed by atoms with E-state index in [-0.39, 0.29) is 0 Å². The van der Waals surface area contributed by atoms with Gasteiger partial charge < -0.3 is 9.42 Å². The van der Waals surface area contributed by atoms with Crippen molar-refractivity contribution in [3.8, 4) is 11.5 Å². The van der Waals surface area contributed by atoms with E-state index < -0.39 is 0 Å². The first-order valence-corrected chi connectivity index (χ1v) is 9.32. The predicted octanol–water partition coefficient (Wildman–Crippen LogP) is 2.94. The van der Waals surface area contributed by atoms with Crippen LogP contribution in [0.1, 0.15) is 24.2 Å². The second kappa shape index (κ2) is 7.84. The average Bonchev–Trinajstić information content (AvgIpc) is 3.17. The molecule has 1 saturated heterocycles. The Balaban J connectivity index is 1.34. The van der Waals surface area contributed by atoms with Crippen molar-refractivity contribution in [2.24, 2.45) is 0 Å². The highest BCUT2D eigenvalue weighted by molar-refractivity contribution is 5.57. The molecule has 3 aromatic rings. The molecule has 0 saturated carbocycles. The van der Waals surface area contributed by atoms with Crippen LogP contribution in [0.5, 0.6) is 0 Å². The zero-order valence-corrected chi connectivity index (χ0v) is 15.7. The van der Waals surface area contributed by atoms with Crippen molar-refractivity contribution in [2.75, 3.05) is 25.0 Å². The van der Waals surface area contributed by atoms with E-state index in [1.807, 2.05) is 30.3 Å². The minimum Gasteiger partial charge on any atom is -0.355 e. The Morgan fingerprint density at radius 3 is 2.70 bits per heavy atom. The second-order valence-corrected chi connectivity index (χ2v) is 7.03. The van der Waals surface area contributed by atoms with Crippen LogP contribution in [0.2, 0.25) is 0 Å². The third kappa shape index (κ3) is 3.98. The van der Waals surface area contributed by atoms with Crippen molar-refractivity contribution in [1.82, 2.24) is 25.2 Å². The van der Waals surface area contributed by atoms with Gasteiger partial charge in [0, 0.05) is 37.9 Å². The molecule has 1 aliphatic heterocycles. The molecule has 0 bridgehead atoms. The smallest absolute Gasteiger partial charge is 0.258 e. The monoisotopic (exact) mass is 364 g/mol. The molecule has 0 radical (unpaired) electrons. The molecule has 1 aromatic carbocycles. The first kappa shape index (κ1) is 17.6. The summed E-state index contributed by atoms with van der Waals surface area (Å²) in [6, 6.07) is 12.5. The quantitative estimate of drug-likeness (QED) is 0.689. The van der Waals surface area contributed by atoms with Crippen LogP contribution in [0, 0.1) is 6.92 Å². The fourth-order valence-electron chi connectivity index (χ4n) is 3.57. The van der Waals surface area contributed by atoms with Crippen molar-refractivity contribution in [3.63, 3.8) is 0 Å². The largest absolute Gasteiger partial charge is 0.355 e. The number of nitrogens with zero attached hydrogens (tertiary/aromatic N) is 6. The second-order valence-electron chi connectivity index (χ2n) is 7.03. The minimum absolute atomic E-state index is 0.478. The normalized spacial score (nSPS) is 15.8. The third-order valence-corrected chi connectivity index (χ3v) is 5.23. The summed E-state index contributed by atoms with van der Waals surface area (Å²) in [4.78, 5) is 9.20. The van der Waals surface area contributed by atoms with Gasteiger partial charge in [-0.05, 0) is 43.5 Å². The number of hydrogen-bond donors (Lipinski definition) is 0. The van der Waals surface area contributed by atoms with E-state index in [1.54, 1.807) is 6.20 Å². The molecule has 27 heavy (non-hydrogen) atoms. The van der Waals surface area contributed by atoms with Gasteiger partial charge in [-0.15, -0.1) is 5.10 Å². The van der Waals surface area contributed by atoms with Crippen LogP contribution >= 0.6 is 0 Å². The molecule has 0 spiro atoms. The van der Waals surface area contributed by atoms with Crippen LogP contribution in [-0.2, 0) is 6.54 Å². The first-order valence-electron chi connectivity index (χ1n) is 9.32. The van der Waals surface area contributed by atoms with Crippen molar-refractivity contribution in [1.29, 1.82) is 0 Å². The zero-order valence-electron chi connectivity index (χ0n) is 15.7. The van der Waals surface area contributed by atoms with E-state index >= 15 is 0 Å². The van der Waals surface area contributed by atoms with Crippen LogP contribution in [0.15, 0.2) is 47.1 Å². The topological polar surface area (TPSA) is 71.2 Å². The van der Waals surface area contributed by atoms with Crippen LogP contribution < -0.4 is 4.90 Å². The van der Waals surface area contributed by atoms with Crippen LogP contribution in [-0.4, -0.2) is 51.4 Å². The number of benzene rings is 1. The molecule has 1 fully saturated rings. The lowest BCUT2D eigenvalue weighted by molar-refractivity contribution is 0.196. The highest BCUT2D eigenvalue weighted by atomic mass is 16.5. The Morgan fingerprint density at radius 2 is 1.96 bits per heavy atom. The summed E-state index contributed by atoms with van der Waals surface area (Å²) in [6.45, 7) is 4.78. The summed E-state index contributed by atoms with van der Waals surface area (Å²) < 4.78 is 5.48. The molecule has 1 aliphatic rings. The Hall–Kier alpha value is -2.80. The van der Waals surface area contributed by atoms with E-state index in [0.717, 1.165) is 55.2 Å². The minimum atomic E-state index is 0.478. The lowest BCUT2D eigenvalue weighted by atomic mass is 10.0. The summed E-state index contributed by atoms with van der Waals surface area (Å²) in [5.41, 5.74) is 2.14. The van der Waals surface area contributed by atoms with Gasteiger partial charge in [-0.1, -0.05) is 23.4 Å². The maximum absolute atomic E-state index is 5.48. The van der Waals surface area contributed by atoms with Gasteiger partial charge in [0.2, 0.25) is 0 Å². The van der Waals surface area contributed by atoms with Crippen molar-refractivity contribution >= 4 is 5.82 Å². The number of likely N-dealkylation sites (tertiary alicyclic amines) is 1. The molecule has 0 amide bonds. The van der Waals surface area contributed by atoms with E-state index in [9.17, 15) is 0 Å². The molecule has 7 heteroatoms. The average molecular weight is 364 g/mol. The standard InChI is InChI=1S/C20H24N6O/c1-15-6-3-4-7-17(15)20-22-18(24-27-20)14-26-12-9-16(10-13-26)25(2)19-8-5-11-21-23-19/h3-8,11,16H,9-10,12-14H2,1-2H3. The summed E-state index contributed by atoms with van der Waals surface area (Å²) in [5.74, 6) is 2.27. The number of anilines is 1. The summed E-state index contributed by atoms with van der Waals surface area (Å²) in [5, 5.41) is 12.4. The predicted molar refractivity (Wildman–Crippen MR) is 103 cm³/mol. The van der Waals surface area contributed by atoms with Gasteiger partial charge in [-0.2, -0.15) is 10.1 Å². The maximum atomic E-state index is 5.48. The van der Waals surface area contributed by atoms with Crippen LogP contribution in [0.25, 0.3) is 11.5 Å². The van der Waals surface area contributed by atoms with Gasteiger partial charge in [0.25, 0.3) is 5.89 Å². The lowest BCUT2D eigenvalue weighted by Crippen LogP contribution is -2.43. The van der Waals surface area contributed by atoms with E-state index in [1.165, 1.54) is 0 Å². The van der Waals surface area contributed by atoms with Crippen molar-refractivity contribution < 1.29 is 4.52 Å². The van der Waals surface area contributed by atoms with Crippen LogP contribution in [0.3, 0.4) is 0 Å². The first-order chi connectivity index (χ1) is 13.2. The SMILES string of the molecule is Cc1ccccc1-c1nc(CN2CCC(N(C)c3cccnn3)CC2)no1. The summed E-state index contributed by atoms with van der Waals surface area (Å²) in [6.07, 6.45) is 3.86. The summed E-state index contributed by atoms with van der Waals surface area (Å²) in [7, 11) is 2.10. The third-order valence-electron chi connectivity index (χ3n) is 5.23. The Bertz CT molecular complexity index is 873. The van der Waals surface area contributed by atoms with Gasteiger partial charge in [0.15, 0.2) is 11.6 Å². The van der Waals surface area contributed by atoms with E-state index in [2.05, 4.69) is 50.2 Å². The Labute approximate surface area is 159 Å². The molecule has 3 heterocycles. The highest BCUT2D eigenvalue weighted by Gasteiger charge is 2.24. The number of hydrogen-bond acceptors (Lipinski definition) is 7. The molecular formula is C20H24N6O. The van der Waals surface area contributed by atoms with Crippen molar-refractivity contribution in [3.05, 3.63) is 54.0 Å². The molecule has 0 atom stereocenters. The molecule has 0 N–H and O–H groups in total. The Morgan fingerprint density at radius 1 is 1.15 bits per heavy atom. The molecular weight excluding hydrogens is 340 g/mol. The van der Waals surface area contributed by atoms with Gasteiger partial charge in [0.1, 0.15) is 0 Å².